The lowest BCUT2D eigenvalue weighted by molar-refractivity contribution is 0.879. The fraction of sp³-hybridized carbons (Fsp3) is 0.235. The molecular weight excluding hydrogens is 348 g/mol. The van der Waals surface area contributed by atoms with Crippen molar-refractivity contribution in [2.24, 2.45) is 0 Å². The van der Waals surface area contributed by atoms with Crippen LogP contribution in [-0.2, 0) is 0 Å². The number of imidazole rings is 1. The third kappa shape index (κ3) is 2.39. The number of rotatable bonds is 2. The summed E-state index contributed by atoms with van der Waals surface area (Å²) in [6.07, 6.45) is 0. The van der Waals surface area contributed by atoms with Crippen molar-refractivity contribution in [3.05, 3.63) is 57.8 Å². The first-order chi connectivity index (χ1) is 10.0. The lowest BCUT2D eigenvalue weighted by Gasteiger charge is -2.13. The van der Waals surface area contributed by atoms with Crippen LogP contribution >= 0.6 is 27.5 Å². The van der Waals surface area contributed by atoms with Gasteiger partial charge in [0.05, 0.1) is 22.1 Å². The van der Waals surface area contributed by atoms with E-state index >= 15 is 0 Å². The van der Waals surface area contributed by atoms with Crippen molar-refractivity contribution in [2.75, 3.05) is 0 Å². The van der Waals surface area contributed by atoms with Crippen LogP contribution in [0.3, 0.4) is 0 Å². The Balaban J connectivity index is 2.43. The molecule has 0 aliphatic heterocycles. The Morgan fingerprint density at radius 2 is 1.76 bits per heavy atom. The van der Waals surface area contributed by atoms with Crippen molar-refractivity contribution in [3.8, 4) is 5.69 Å². The van der Waals surface area contributed by atoms with E-state index in [0.717, 1.165) is 32.6 Å². The van der Waals surface area contributed by atoms with E-state index < -0.39 is 0 Å². The highest BCUT2D eigenvalue weighted by Gasteiger charge is 2.19. The van der Waals surface area contributed by atoms with Gasteiger partial charge in [0.15, 0.2) is 0 Å². The van der Waals surface area contributed by atoms with Gasteiger partial charge < -0.3 is 0 Å². The van der Waals surface area contributed by atoms with Gasteiger partial charge in [-0.15, -0.1) is 11.6 Å². The average Bonchev–Trinajstić information content (AvgIpc) is 2.83. The van der Waals surface area contributed by atoms with E-state index in [4.69, 9.17) is 16.6 Å². The molecule has 4 heteroatoms. The van der Waals surface area contributed by atoms with Crippen LogP contribution in [0.2, 0.25) is 0 Å². The quantitative estimate of drug-likeness (QED) is 0.534. The third-order valence-corrected chi connectivity index (χ3v) is 4.91. The molecule has 2 aromatic carbocycles. The predicted octanol–water partition coefficient (Wildman–Crippen LogP) is 5.70. The molecule has 0 amide bonds. The Morgan fingerprint density at radius 3 is 2.48 bits per heavy atom. The van der Waals surface area contributed by atoms with Crippen molar-refractivity contribution in [2.45, 2.75) is 26.1 Å². The second kappa shape index (κ2) is 5.47. The van der Waals surface area contributed by atoms with Crippen molar-refractivity contribution in [1.29, 1.82) is 0 Å². The molecule has 1 unspecified atom stereocenters. The largest absolute Gasteiger partial charge is 0.294 e. The lowest BCUT2D eigenvalue weighted by atomic mass is 10.2. The molecule has 108 valence electrons. The van der Waals surface area contributed by atoms with Crippen molar-refractivity contribution < 1.29 is 0 Å². The zero-order chi connectivity index (χ0) is 15.1. The second-order valence-corrected chi connectivity index (χ2v) is 6.72. The fourth-order valence-electron chi connectivity index (χ4n) is 2.58. The molecule has 0 saturated carbocycles. The van der Waals surface area contributed by atoms with Gasteiger partial charge in [0.25, 0.3) is 0 Å². The number of aryl methyl sites for hydroxylation is 2. The molecule has 0 saturated heterocycles. The van der Waals surface area contributed by atoms with Gasteiger partial charge in [-0.05, 0) is 60.0 Å². The maximum absolute atomic E-state index is 6.38. The molecule has 1 heterocycles. The van der Waals surface area contributed by atoms with Crippen LogP contribution in [0, 0.1) is 13.8 Å². The Bertz CT molecular complexity index is 821. The molecule has 2 nitrogen and oxygen atoms in total. The van der Waals surface area contributed by atoms with Crippen LogP contribution in [0.1, 0.15) is 29.3 Å². The second-order valence-electron chi connectivity index (χ2n) is 5.27. The zero-order valence-electron chi connectivity index (χ0n) is 12.2. The average molecular weight is 364 g/mol. The number of fused-ring (bicyclic) bond motifs is 1. The van der Waals surface area contributed by atoms with E-state index in [2.05, 4.69) is 70.7 Å². The summed E-state index contributed by atoms with van der Waals surface area (Å²) in [7, 11) is 0. The van der Waals surface area contributed by atoms with E-state index in [1.54, 1.807) is 0 Å². The summed E-state index contributed by atoms with van der Waals surface area (Å²) in [5.41, 5.74) is 5.52. The fourth-order valence-corrected chi connectivity index (χ4v) is 3.17. The van der Waals surface area contributed by atoms with E-state index in [0.29, 0.717) is 0 Å². The first-order valence-corrected chi connectivity index (χ1v) is 8.11. The van der Waals surface area contributed by atoms with Crippen LogP contribution in [0.25, 0.3) is 16.7 Å². The molecule has 1 aromatic heterocycles. The summed E-state index contributed by atoms with van der Waals surface area (Å²) < 4.78 is 3.22. The molecule has 0 radical (unpaired) electrons. The summed E-state index contributed by atoms with van der Waals surface area (Å²) in [5, 5.41) is -0.163. The minimum Gasteiger partial charge on any atom is -0.294 e. The molecule has 0 bridgehead atoms. The summed E-state index contributed by atoms with van der Waals surface area (Å²) >= 11 is 10.1. The number of para-hydroxylation sites is 1. The predicted molar refractivity (Wildman–Crippen MR) is 92.5 cm³/mol. The molecule has 0 spiro atoms. The molecule has 1 atom stereocenters. The van der Waals surface area contributed by atoms with Crippen molar-refractivity contribution >= 4 is 38.6 Å². The van der Waals surface area contributed by atoms with Gasteiger partial charge >= 0.3 is 0 Å². The molecular formula is C17H16BrClN2. The standard InChI is InChI=1S/C17H16BrClN2/c1-10-6-4-8-13(15(10)18)21-14-9-5-7-11(2)16(14)20-17(21)12(3)19/h4-9,12H,1-3H3. The van der Waals surface area contributed by atoms with E-state index in [1.807, 2.05) is 6.92 Å². The third-order valence-electron chi connectivity index (χ3n) is 3.68. The number of halogens is 2. The maximum Gasteiger partial charge on any atom is 0.132 e. The number of hydrogen-bond acceptors (Lipinski definition) is 1. The van der Waals surface area contributed by atoms with Gasteiger partial charge in [-0.1, -0.05) is 24.3 Å². The van der Waals surface area contributed by atoms with Gasteiger partial charge in [0, 0.05) is 4.47 Å². The maximum atomic E-state index is 6.38. The highest BCUT2D eigenvalue weighted by molar-refractivity contribution is 9.10. The summed E-state index contributed by atoms with van der Waals surface area (Å²) in [6, 6.07) is 12.5. The molecule has 21 heavy (non-hydrogen) atoms. The van der Waals surface area contributed by atoms with E-state index in [9.17, 15) is 0 Å². The van der Waals surface area contributed by atoms with Crippen LogP contribution < -0.4 is 0 Å². The van der Waals surface area contributed by atoms with Crippen LogP contribution in [0.4, 0.5) is 0 Å². The van der Waals surface area contributed by atoms with E-state index in [-0.39, 0.29) is 5.38 Å². The van der Waals surface area contributed by atoms with Gasteiger partial charge in [0.2, 0.25) is 0 Å². The first-order valence-electron chi connectivity index (χ1n) is 6.88. The van der Waals surface area contributed by atoms with Gasteiger partial charge in [-0.3, -0.25) is 4.57 Å². The SMILES string of the molecule is Cc1cccc(-n2c(C(C)Cl)nc3c(C)cccc32)c1Br. The van der Waals surface area contributed by atoms with Crippen LogP contribution in [0.5, 0.6) is 0 Å². The molecule has 0 aliphatic carbocycles. The smallest absolute Gasteiger partial charge is 0.132 e. The summed E-state index contributed by atoms with van der Waals surface area (Å²) in [5.74, 6) is 0.868. The highest BCUT2D eigenvalue weighted by atomic mass is 79.9. The molecule has 3 rings (SSSR count). The lowest BCUT2D eigenvalue weighted by Crippen LogP contribution is -2.03. The molecule has 0 aliphatic rings. The summed E-state index contributed by atoms with van der Waals surface area (Å²) in [4.78, 5) is 4.77. The minimum absolute atomic E-state index is 0.163. The van der Waals surface area contributed by atoms with Crippen LogP contribution in [0.15, 0.2) is 40.9 Å². The number of aromatic nitrogens is 2. The first kappa shape index (κ1) is 14.6. The number of benzene rings is 2. The van der Waals surface area contributed by atoms with Crippen molar-refractivity contribution in [3.63, 3.8) is 0 Å². The molecule has 0 N–H and O–H groups in total. The monoisotopic (exact) mass is 362 g/mol. The highest BCUT2D eigenvalue weighted by Crippen LogP contribution is 2.33. The Morgan fingerprint density at radius 1 is 1.10 bits per heavy atom. The van der Waals surface area contributed by atoms with E-state index in [1.165, 1.54) is 5.56 Å². The Kier molecular flexibility index (Phi) is 3.80. The van der Waals surface area contributed by atoms with Gasteiger partial charge in [0.1, 0.15) is 5.82 Å². The minimum atomic E-state index is -0.163. The van der Waals surface area contributed by atoms with Crippen molar-refractivity contribution in [1.82, 2.24) is 9.55 Å². The molecule has 0 fully saturated rings. The number of hydrogen-bond donors (Lipinski definition) is 0. The topological polar surface area (TPSA) is 17.8 Å². The Hall–Kier alpha value is -1.32. The van der Waals surface area contributed by atoms with Gasteiger partial charge in [-0.25, -0.2) is 4.98 Å². The zero-order valence-corrected chi connectivity index (χ0v) is 14.5. The Labute approximate surface area is 137 Å². The summed E-state index contributed by atoms with van der Waals surface area (Å²) in [6.45, 7) is 6.12. The normalized spacial score (nSPS) is 12.8. The molecule has 3 aromatic rings. The number of alkyl halides is 1. The van der Waals surface area contributed by atoms with Gasteiger partial charge in [-0.2, -0.15) is 0 Å². The van der Waals surface area contributed by atoms with Crippen LogP contribution in [-0.4, -0.2) is 9.55 Å². The number of nitrogens with zero attached hydrogens (tertiary/aromatic N) is 2.